The van der Waals surface area contributed by atoms with Gasteiger partial charge in [-0.25, -0.2) is 8.78 Å². The first-order valence-corrected chi connectivity index (χ1v) is 6.34. The molecule has 1 aromatic carbocycles. The van der Waals surface area contributed by atoms with E-state index >= 15 is 0 Å². The number of aryl methyl sites for hydroxylation is 1. The van der Waals surface area contributed by atoms with Crippen LogP contribution < -0.4 is 5.32 Å². The van der Waals surface area contributed by atoms with Gasteiger partial charge in [-0.15, -0.1) is 0 Å². The lowest BCUT2D eigenvalue weighted by molar-refractivity contribution is 0.397. The Kier molecular flexibility index (Phi) is 4.32. The fraction of sp³-hybridized carbons (Fsp3) is 0.333. The second kappa shape index (κ2) is 5.97. The maximum atomic E-state index is 13.7. The molecule has 0 aliphatic rings. The van der Waals surface area contributed by atoms with Crippen molar-refractivity contribution in [2.45, 2.75) is 26.3 Å². The van der Waals surface area contributed by atoms with Crippen LogP contribution in [0.25, 0.3) is 0 Å². The molecule has 0 saturated heterocycles. The van der Waals surface area contributed by atoms with Crippen molar-refractivity contribution in [3.8, 4) is 0 Å². The van der Waals surface area contributed by atoms with Gasteiger partial charge in [0.25, 0.3) is 0 Å². The first-order valence-electron chi connectivity index (χ1n) is 6.34. The zero-order valence-corrected chi connectivity index (χ0v) is 11.0. The van der Waals surface area contributed by atoms with Gasteiger partial charge < -0.3 is 9.73 Å². The number of nitrogens with one attached hydrogen (secondary N) is 1. The van der Waals surface area contributed by atoms with Gasteiger partial charge in [-0.3, -0.25) is 0 Å². The predicted molar refractivity (Wildman–Crippen MR) is 69.9 cm³/mol. The van der Waals surface area contributed by atoms with Crippen molar-refractivity contribution in [3.63, 3.8) is 0 Å². The molecule has 0 aliphatic carbocycles. The monoisotopic (exact) mass is 265 g/mol. The molecule has 2 aromatic rings. The Balaban J connectivity index is 2.23. The van der Waals surface area contributed by atoms with Gasteiger partial charge in [0.15, 0.2) is 11.6 Å². The van der Waals surface area contributed by atoms with Crippen molar-refractivity contribution in [2.75, 3.05) is 6.54 Å². The maximum absolute atomic E-state index is 13.7. The molecule has 0 spiro atoms. The summed E-state index contributed by atoms with van der Waals surface area (Å²) >= 11 is 0. The summed E-state index contributed by atoms with van der Waals surface area (Å²) in [6.45, 7) is 4.54. The summed E-state index contributed by atoms with van der Waals surface area (Å²) in [6.07, 6.45) is 0.352. The van der Waals surface area contributed by atoms with E-state index in [0.29, 0.717) is 12.0 Å². The highest BCUT2D eigenvalue weighted by molar-refractivity contribution is 5.22. The molecule has 2 nitrogen and oxygen atoms in total. The highest BCUT2D eigenvalue weighted by atomic mass is 19.2. The van der Waals surface area contributed by atoms with Crippen LogP contribution in [0.4, 0.5) is 8.78 Å². The van der Waals surface area contributed by atoms with Crippen molar-refractivity contribution in [3.05, 3.63) is 59.1 Å². The number of hydrogen-bond acceptors (Lipinski definition) is 2. The van der Waals surface area contributed by atoms with Crippen LogP contribution in [0.5, 0.6) is 0 Å². The average molecular weight is 265 g/mol. The van der Waals surface area contributed by atoms with E-state index in [2.05, 4.69) is 5.32 Å². The summed E-state index contributed by atoms with van der Waals surface area (Å²) in [7, 11) is 0. The first kappa shape index (κ1) is 13.7. The SMILES string of the molecule is CCNC(Cc1cccc(F)c1F)c1ccc(C)o1. The van der Waals surface area contributed by atoms with E-state index in [4.69, 9.17) is 4.42 Å². The maximum Gasteiger partial charge on any atom is 0.162 e. The third-order valence-electron chi connectivity index (χ3n) is 3.01. The molecule has 1 N–H and O–H groups in total. The van der Waals surface area contributed by atoms with Gasteiger partial charge >= 0.3 is 0 Å². The Morgan fingerprint density at radius 2 is 2.00 bits per heavy atom. The van der Waals surface area contributed by atoms with E-state index in [0.717, 1.165) is 24.1 Å². The quantitative estimate of drug-likeness (QED) is 0.890. The van der Waals surface area contributed by atoms with Crippen LogP contribution in [0.15, 0.2) is 34.7 Å². The topological polar surface area (TPSA) is 25.2 Å². The molecule has 1 unspecified atom stereocenters. The van der Waals surface area contributed by atoms with Gasteiger partial charge in [0.05, 0.1) is 6.04 Å². The highest BCUT2D eigenvalue weighted by Crippen LogP contribution is 2.23. The summed E-state index contributed by atoms with van der Waals surface area (Å²) in [5, 5.41) is 3.22. The summed E-state index contributed by atoms with van der Waals surface area (Å²) in [5.41, 5.74) is 0.347. The van der Waals surface area contributed by atoms with Crippen molar-refractivity contribution < 1.29 is 13.2 Å². The zero-order chi connectivity index (χ0) is 13.8. The van der Waals surface area contributed by atoms with Crippen LogP contribution in [-0.4, -0.2) is 6.54 Å². The van der Waals surface area contributed by atoms with Crippen molar-refractivity contribution in [1.29, 1.82) is 0 Å². The van der Waals surface area contributed by atoms with Gasteiger partial charge in [0.2, 0.25) is 0 Å². The largest absolute Gasteiger partial charge is 0.465 e. The van der Waals surface area contributed by atoms with Gasteiger partial charge in [0, 0.05) is 0 Å². The fourth-order valence-corrected chi connectivity index (χ4v) is 2.09. The number of benzene rings is 1. The molecule has 0 aliphatic heterocycles. The van der Waals surface area contributed by atoms with Gasteiger partial charge in [0.1, 0.15) is 11.5 Å². The molecule has 1 aromatic heterocycles. The molecule has 0 radical (unpaired) electrons. The highest BCUT2D eigenvalue weighted by Gasteiger charge is 2.18. The Morgan fingerprint density at radius 1 is 1.21 bits per heavy atom. The van der Waals surface area contributed by atoms with Crippen LogP contribution in [0.1, 0.15) is 30.0 Å². The second-order valence-corrected chi connectivity index (χ2v) is 4.48. The summed E-state index contributed by atoms with van der Waals surface area (Å²) < 4.78 is 32.5. The van der Waals surface area contributed by atoms with Crippen molar-refractivity contribution in [2.24, 2.45) is 0 Å². The van der Waals surface area contributed by atoms with Crippen LogP contribution in [0.2, 0.25) is 0 Å². The van der Waals surface area contributed by atoms with E-state index in [1.165, 1.54) is 6.07 Å². The summed E-state index contributed by atoms with van der Waals surface area (Å²) in [4.78, 5) is 0. The number of furan rings is 1. The zero-order valence-electron chi connectivity index (χ0n) is 11.0. The summed E-state index contributed by atoms with van der Waals surface area (Å²) in [6, 6.07) is 7.80. The second-order valence-electron chi connectivity index (χ2n) is 4.48. The Labute approximate surface area is 111 Å². The summed E-state index contributed by atoms with van der Waals surface area (Å²) in [5.74, 6) is -0.0577. The molecule has 4 heteroatoms. The molecule has 1 heterocycles. The molecule has 0 saturated carbocycles. The number of rotatable bonds is 5. The molecule has 0 fully saturated rings. The molecule has 0 amide bonds. The first-order chi connectivity index (χ1) is 9.11. The standard InChI is InChI=1S/C15H17F2NO/c1-3-18-13(14-8-7-10(2)19-14)9-11-5-4-6-12(16)15(11)17/h4-8,13,18H,3,9H2,1-2H3. The molecule has 19 heavy (non-hydrogen) atoms. The third kappa shape index (κ3) is 3.20. The average Bonchev–Trinajstić information content (AvgIpc) is 2.81. The number of likely N-dealkylation sites (N-methyl/N-ethyl adjacent to an activating group) is 1. The van der Waals surface area contributed by atoms with Crippen LogP contribution in [0, 0.1) is 18.6 Å². The fourth-order valence-electron chi connectivity index (χ4n) is 2.09. The lowest BCUT2D eigenvalue weighted by Crippen LogP contribution is -2.23. The van der Waals surface area contributed by atoms with E-state index in [1.54, 1.807) is 6.07 Å². The normalized spacial score (nSPS) is 12.6. The Morgan fingerprint density at radius 3 is 2.63 bits per heavy atom. The number of halogens is 2. The van der Waals surface area contributed by atoms with E-state index in [1.807, 2.05) is 26.0 Å². The molecular formula is C15H17F2NO. The lowest BCUT2D eigenvalue weighted by atomic mass is 10.0. The van der Waals surface area contributed by atoms with E-state index < -0.39 is 11.6 Å². The van der Waals surface area contributed by atoms with E-state index in [9.17, 15) is 8.78 Å². The smallest absolute Gasteiger partial charge is 0.162 e. The van der Waals surface area contributed by atoms with Crippen molar-refractivity contribution >= 4 is 0 Å². The minimum atomic E-state index is -0.816. The Hall–Kier alpha value is -1.68. The minimum Gasteiger partial charge on any atom is -0.465 e. The van der Waals surface area contributed by atoms with Gasteiger partial charge in [-0.2, -0.15) is 0 Å². The third-order valence-corrected chi connectivity index (χ3v) is 3.01. The van der Waals surface area contributed by atoms with Crippen LogP contribution in [0.3, 0.4) is 0 Å². The Bertz CT molecular complexity index is 551. The molecular weight excluding hydrogens is 248 g/mol. The molecule has 2 rings (SSSR count). The van der Waals surface area contributed by atoms with Crippen molar-refractivity contribution in [1.82, 2.24) is 5.32 Å². The van der Waals surface area contributed by atoms with Crippen LogP contribution >= 0.6 is 0 Å². The van der Waals surface area contributed by atoms with Gasteiger partial charge in [-0.1, -0.05) is 19.1 Å². The predicted octanol–water partition coefficient (Wildman–Crippen LogP) is 3.76. The molecule has 0 bridgehead atoms. The minimum absolute atomic E-state index is 0.157. The molecule has 102 valence electrons. The van der Waals surface area contributed by atoms with Crippen LogP contribution in [-0.2, 0) is 6.42 Å². The number of hydrogen-bond donors (Lipinski definition) is 1. The van der Waals surface area contributed by atoms with Gasteiger partial charge in [-0.05, 0) is 43.7 Å². The van der Waals surface area contributed by atoms with E-state index in [-0.39, 0.29) is 6.04 Å². The lowest BCUT2D eigenvalue weighted by Gasteiger charge is -2.16. The molecule has 1 atom stereocenters.